The first-order valence-electron chi connectivity index (χ1n) is 9.67. The predicted octanol–water partition coefficient (Wildman–Crippen LogP) is 8.22. The molecule has 4 nitrogen and oxygen atoms in total. The first kappa shape index (κ1) is 24.2. The van der Waals surface area contributed by atoms with Gasteiger partial charge in [0.15, 0.2) is 0 Å². The standard InChI is InChI=1S/C24H15BrCl3NO3S/c25-17-6-8-21(32-13-15-3-1-2-4-19(15)27)16(9-17)10-22-23(30)29(24(31)33-22)12-14-5-7-18(26)11-20(14)28/h1-11H,12-13H2/b22-10+. The number of hydrogen-bond donors (Lipinski definition) is 0. The third-order valence-electron chi connectivity index (χ3n) is 4.82. The monoisotopic (exact) mass is 581 g/mol. The van der Waals surface area contributed by atoms with Crippen LogP contribution in [-0.2, 0) is 17.9 Å². The van der Waals surface area contributed by atoms with Gasteiger partial charge in [0.25, 0.3) is 11.1 Å². The lowest BCUT2D eigenvalue weighted by molar-refractivity contribution is -0.123. The van der Waals surface area contributed by atoms with Crippen LogP contribution in [0.1, 0.15) is 16.7 Å². The van der Waals surface area contributed by atoms with Gasteiger partial charge in [-0.1, -0.05) is 75.0 Å². The molecule has 0 N–H and O–H groups in total. The van der Waals surface area contributed by atoms with E-state index in [1.165, 1.54) is 0 Å². The van der Waals surface area contributed by atoms with Gasteiger partial charge in [-0.3, -0.25) is 14.5 Å². The molecule has 33 heavy (non-hydrogen) atoms. The van der Waals surface area contributed by atoms with E-state index in [9.17, 15) is 9.59 Å². The summed E-state index contributed by atoms with van der Waals surface area (Å²) in [6.07, 6.45) is 1.65. The smallest absolute Gasteiger partial charge is 0.293 e. The molecule has 0 atom stereocenters. The highest BCUT2D eigenvalue weighted by Crippen LogP contribution is 2.36. The molecule has 168 valence electrons. The third kappa shape index (κ3) is 5.76. The van der Waals surface area contributed by atoms with Crippen LogP contribution < -0.4 is 4.74 Å². The number of thioether (sulfide) groups is 1. The largest absolute Gasteiger partial charge is 0.488 e. The van der Waals surface area contributed by atoms with Gasteiger partial charge in [0.2, 0.25) is 0 Å². The molecular weight excluding hydrogens is 569 g/mol. The van der Waals surface area contributed by atoms with Gasteiger partial charge in [-0.2, -0.15) is 0 Å². The Morgan fingerprint density at radius 3 is 2.48 bits per heavy atom. The van der Waals surface area contributed by atoms with Crippen molar-refractivity contribution >= 4 is 79.7 Å². The lowest BCUT2D eigenvalue weighted by atomic mass is 10.1. The van der Waals surface area contributed by atoms with E-state index < -0.39 is 5.91 Å². The number of carbonyl (C=O) groups excluding carboxylic acids is 2. The van der Waals surface area contributed by atoms with E-state index >= 15 is 0 Å². The lowest BCUT2D eigenvalue weighted by Crippen LogP contribution is -2.27. The molecule has 0 spiro atoms. The average Bonchev–Trinajstić information content (AvgIpc) is 3.03. The molecule has 0 saturated carbocycles. The Morgan fingerprint density at radius 2 is 1.73 bits per heavy atom. The number of ether oxygens (including phenoxy) is 1. The predicted molar refractivity (Wildman–Crippen MR) is 138 cm³/mol. The van der Waals surface area contributed by atoms with Crippen LogP contribution in [-0.4, -0.2) is 16.0 Å². The van der Waals surface area contributed by atoms with E-state index in [1.807, 2.05) is 30.3 Å². The molecule has 1 heterocycles. The number of benzene rings is 3. The molecule has 2 amide bonds. The summed E-state index contributed by atoms with van der Waals surface area (Å²) >= 11 is 22.7. The zero-order valence-corrected chi connectivity index (χ0v) is 21.5. The number of imide groups is 1. The second-order valence-electron chi connectivity index (χ2n) is 7.07. The van der Waals surface area contributed by atoms with Gasteiger partial charge in [-0.15, -0.1) is 0 Å². The van der Waals surface area contributed by atoms with E-state index in [1.54, 1.807) is 36.4 Å². The number of nitrogens with zero attached hydrogens (tertiary/aromatic N) is 1. The Hall–Kier alpha value is -1.96. The molecule has 0 unspecified atom stereocenters. The van der Waals surface area contributed by atoms with Gasteiger partial charge in [0, 0.05) is 30.7 Å². The van der Waals surface area contributed by atoms with Gasteiger partial charge >= 0.3 is 0 Å². The molecule has 0 radical (unpaired) electrons. The number of carbonyl (C=O) groups is 2. The van der Waals surface area contributed by atoms with Crippen molar-refractivity contribution < 1.29 is 14.3 Å². The molecule has 0 aliphatic carbocycles. The number of hydrogen-bond acceptors (Lipinski definition) is 4. The summed E-state index contributed by atoms with van der Waals surface area (Å²) in [5.41, 5.74) is 2.13. The highest BCUT2D eigenvalue weighted by molar-refractivity contribution is 9.10. The summed E-state index contributed by atoms with van der Waals surface area (Å²) in [6.45, 7) is 0.324. The summed E-state index contributed by atoms with van der Waals surface area (Å²) < 4.78 is 6.79. The average molecular weight is 584 g/mol. The van der Waals surface area contributed by atoms with Crippen LogP contribution in [0, 0.1) is 0 Å². The van der Waals surface area contributed by atoms with Crippen molar-refractivity contribution in [2.75, 3.05) is 0 Å². The molecule has 1 aliphatic heterocycles. The first-order valence-corrected chi connectivity index (χ1v) is 12.4. The summed E-state index contributed by atoms with van der Waals surface area (Å²) in [5.74, 6) is 0.165. The van der Waals surface area contributed by atoms with E-state index in [-0.39, 0.29) is 18.4 Å². The van der Waals surface area contributed by atoms with Crippen molar-refractivity contribution in [2.24, 2.45) is 0 Å². The van der Waals surface area contributed by atoms with Crippen LogP contribution in [0.15, 0.2) is 70.0 Å². The zero-order valence-electron chi connectivity index (χ0n) is 16.9. The molecule has 3 aromatic carbocycles. The second-order valence-corrected chi connectivity index (χ2v) is 10.2. The third-order valence-corrected chi connectivity index (χ3v) is 7.17. The Morgan fingerprint density at radius 1 is 0.939 bits per heavy atom. The molecule has 9 heteroatoms. The van der Waals surface area contributed by atoms with E-state index in [4.69, 9.17) is 39.5 Å². The molecule has 1 fully saturated rings. The number of rotatable bonds is 6. The summed E-state index contributed by atoms with van der Waals surface area (Å²) in [7, 11) is 0. The molecule has 1 aliphatic rings. The van der Waals surface area contributed by atoms with Crippen molar-refractivity contribution in [1.29, 1.82) is 0 Å². The van der Waals surface area contributed by atoms with Gasteiger partial charge in [-0.25, -0.2) is 0 Å². The van der Waals surface area contributed by atoms with Crippen molar-refractivity contribution in [3.8, 4) is 5.75 Å². The first-order chi connectivity index (χ1) is 15.8. The van der Waals surface area contributed by atoms with Gasteiger partial charge < -0.3 is 4.74 Å². The molecule has 4 rings (SSSR count). The van der Waals surface area contributed by atoms with Crippen molar-refractivity contribution in [3.05, 3.63) is 102 Å². The van der Waals surface area contributed by atoms with Gasteiger partial charge in [-0.05, 0) is 59.8 Å². The van der Waals surface area contributed by atoms with Gasteiger partial charge in [0.05, 0.1) is 11.4 Å². The van der Waals surface area contributed by atoms with Crippen LogP contribution in [0.2, 0.25) is 15.1 Å². The highest BCUT2D eigenvalue weighted by atomic mass is 79.9. The number of amides is 2. The quantitative estimate of drug-likeness (QED) is 0.274. The minimum Gasteiger partial charge on any atom is -0.488 e. The summed E-state index contributed by atoms with van der Waals surface area (Å²) in [6, 6.07) is 17.8. The maximum atomic E-state index is 13.0. The van der Waals surface area contributed by atoms with E-state index in [0.717, 1.165) is 26.7 Å². The summed E-state index contributed by atoms with van der Waals surface area (Å²) in [5, 5.41) is 1.12. The van der Waals surface area contributed by atoms with Crippen molar-refractivity contribution in [2.45, 2.75) is 13.2 Å². The van der Waals surface area contributed by atoms with Crippen LogP contribution in [0.3, 0.4) is 0 Å². The zero-order chi connectivity index (χ0) is 23.5. The Kier molecular flexibility index (Phi) is 7.72. The molecule has 1 saturated heterocycles. The highest BCUT2D eigenvalue weighted by Gasteiger charge is 2.35. The fourth-order valence-electron chi connectivity index (χ4n) is 3.13. The minimum absolute atomic E-state index is 0.0619. The Balaban J connectivity index is 1.57. The maximum Gasteiger partial charge on any atom is 0.293 e. The van der Waals surface area contributed by atoms with Gasteiger partial charge in [0.1, 0.15) is 12.4 Å². The Labute approximate surface area is 218 Å². The molecule has 0 aromatic heterocycles. The van der Waals surface area contributed by atoms with Crippen LogP contribution in [0.25, 0.3) is 6.08 Å². The van der Waals surface area contributed by atoms with Crippen LogP contribution in [0.4, 0.5) is 4.79 Å². The SMILES string of the molecule is O=C1S/C(=C/c2cc(Br)ccc2OCc2ccccc2Cl)C(=O)N1Cc1ccc(Cl)cc1Cl. The summed E-state index contributed by atoms with van der Waals surface area (Å²) in [4.78, 5) is 27.0. The normalized spacial score (nSPS) is 14.9. The topological polar surface area (TPSA) is 46.6 Å². The molecular formula is C24H15BrCl3NO3S. The molecule has 3 aromatic rings. The van der Waals surface area contributed by atoms with E-state index in [2.05, 4.69) is 15.9 Å². The van der Waals surface area contributed by atoms with Crippen LogP contribution >= 0.6 is 62.5 Å². The van der Waals surface area contributed by atoms with Crippen molar-refractivity contribution in [1.82, 2.24) is 4.90 Å². The van der Waals surface area contributed by atoms with Crippen molar-refractivity contribution in [3.63, 3.8) is 0 Å². The van der Waals surface area contributed by atoms with E-state index in [0.29, 0.717) is 36.8 Å². The fraction of sp³-hybridized carbons (Fsp3) is 0.0833. The molecule has 0 bridgehead atoms. The lowest BCUT2D eigenvalue weighted by Gasteiger charge is -2.14. The van der Waals surface area contributed by atoms with Crippen LogP contribution in [0.5, 0.6) is 5.75 Å². The minimum atomic E-state index is -0.395. The Bertz CT molecular complexity index is 1280. The maximum absolute atomic E-state index is 13.0. The second kappa shape index (κ2) is 10.5. The number of halogens is 4. The fourth-order valence-corrected chi connectivity index (χ4v) is 5.00.